The van der Waals surface area contributed by atoms with Crippen molar-refractivity contribution in [2.75, 3.05) is 0 Å². The quantitative estimate of drug-likeness (QED) is 0.848. The second-order valence-electron chi connectivity index (χ2n) is 5.36. The van der Waals surface area contributed by atoms with Crippen LogP contribution in [0.2, 0.25) is 0 Å². The van der Waals surface area contributed by atoms with Crippen LogP contribution >= 0.6 is 11.8 Å². The lowest BCUT2D eigenvalue weighted by atomic mass is 9.96. The Balaban J connectivity index is 1.58. The van der Waals surface area contributed by atoms with Gasteiger partial charge in [0.05, 0.1) is 11.7 Å². The van der Waals surface area contributed by atoms with Crippen LogP contribution in [-0.4, -0.2) is 14.9 Å². The van der Waals surface area contributed by atoms with Gasteiger partial charge in [-0.25, -0.2) is 0 Å². The lowest BCUT2D eigenvalue weighted by Crippen LogP contribution is -2.13. The number of thioether (sulfide) groups is 1. The molecule has 0 aliphatic heterocycles. The van der Waals surface area contributed by atoms with E-state index in [0.717, 1.165) is 16.3 Å². The zero-order chi connectivity index (χ0) is 13.8. The van der Waals surface area contributed by atoms with Crippen LogP contribution in [0, 0.1) is 0 Å². The van der Waals surface area contributed by atoms with E-state index >= 15 is 0 Å². The number of rotatable bonds is 4. The predicted octanol–water partition coefficient (Wildman–Crippen LogP) is 4.39. The zero-order valence-electron chi connectivity index (χ0n) is 11.5. The Hall–Kier alpha value is -1.42. The van der Waals surface area contributed by atoms with Crippen molar-refractivity contribution in [3.63, 3.8) is 0 Å². The minimum atomic E-state index is 0.316. The Morgan fingerprint density at radius 3 is 2.60 bits per heavy atom. The predicted molar refractivity (Wildman–Crippen MR) is 82.0 cm³/mol. The van der Waals surface area contributed by atoms with E-state index in [-0.39, 0.29) is 0 Å². The van der Waals surface area contributed by atoms with Gasteiger partial charge in [-0.15, -0.1) is 11.8 Å². The van der Waals surface area contributed by atoms with E-state index in [4.69, 9.17) is 5.10 Å². The third kappa shape index (κ3) is 3.37. The number of aromatic nitrogens is 2. The van der Waals surface area contributed by atoms with Gasteiger partial charge in [0.1, 0.15) is 5.75 Å². The van der Waals surface area contributed by atoms with Crippen LogP contribution in [0.1, 0.15) is 43.8 Å². The maximum absolute atomic E-state index is 9.26. The van der Waals surface area contributed by atoms with Gasteiger partial charge in [-0.2, -0.15) is 5.10 Å². The Morgan fingerprint density at radius 2 is 1.85 bits per heavy atom. The standard InChI is InChI=1S/C16H20N2OS/c19-15-6-8-16(9-7-15)20-12-13-10-11-18(17-13)14-4-2-1-3-5-14/h6-11,14,19H,1-5,12H2. The van der Waals surface area contributed by atoms with Crippen LogP contribution in [0.15, 0.2) is 41.4 Å². The molecular weight excluding hydrogens is 268 g/mol. The van der Waals surface area contributed by atoms with Crippen molar-refractivity contribution in [3.05, 3.63) is 42.2 Å². The first-order valence-electron chi connectivity index (χ1n) is 7.27. The highest BCUT2D eigenvalue weighted by atomic mass is 32.2. The third-order valence-electron chi connectivity index (χ3n) is 3.84. The van der Waals surface area contributed by atoms with Gasteiger partial charge in [-0.3, -0.25) is 4.68 Å². The van der Waals surface area contributed by atoms with Crippen molar-refractivity contribution >= 4 is 11.8 Å². The molecule has 1 fully saturated rings. The fourth-order valence-corrected chi connectivity index (χ4v) is 3.50. The summed E-state index contributed by atoms with van der Waals surface area (Å²) in [6, 6.07) is 10.1. The average Bonchev–Trinajstić information content (AvgIpc) is 2.97. The SMILES string of the molecule is Oc1ccc(SCc2ccn(C3CCCCC3)n2)cc1. The Morgan fingerprint density at radius 1 is 1.10 bits per heavy atom. The van der Waals surface area contributed by atoms with Gasteiger partial charge in [0.15, 0.2) is 0 Å². The molecule has 1 saturated carbocycles. The summed E-state index contributed by atoms with van der Waals surface area (Å²) in [7, 11) is 0. The van der Waals surface area contributed by atoms with Crippen molar-refractivity contribution < 1.29 is 5.11 Å². The van der Waals surface area contributed by atoms with Crippen molar-refractivity contribution in [1.82, 2.24) is 9.78 Å². The van der Waals surface area contributed by atoms with Crippen molar-refractivity contribution in [3.8, 4) is 5.75 Å². The number of aromatic hydroxyl groups is 1. The molecular formula is C16H20N2OS. The molecule has 3 rings (SSSR count). The lowest BCUT2D eigenvalue weighted by molar-refractivity contribution is 0.328. The van der Waals surface area contributed by atoms with Crippen LogP contribution in [0.25, 0.3) is 0 Å². The molecule has 2 aromatic rings. The Labute approximate surface area is 124 Å². The summed E-state index contributed by atoms with van der Waals surface area (Å²) in [4.78, 5) is 1.16. The van der Waals surface area contributed by atoms with E-state index in [0.29, 0.717) is 11.8 Å². The van der Waals surface area contributed by atoms with E-state index in [2.05, 4.69) is 16.9 Å². The van der Waals surface area contributed by atoms with Crippen LogP contribution in [0.5, 0.6) is 5.75 Å². The van der Waals surface area contributed by atoms with Crippen molar-refractivity contribution in [1.29, 1.82) is 0 Å². The second-order valence-corrected chi connectivity index (χ2v) is 6.41. The van der Waals surface area contributed by atoms with E-state index < -0.39 is 0 Å². The van der Waals surface area contributed by atoms with Crippen molar-refractivity contribution in [2.24, 2.45) is 0 Å². The summed E-state index contributed by atoms with van der Waals surface area (Å²) in [5.74, 6) is 1.20. The highest BCUT2D eigenvalue weighted by molar-refractivity contribution is 7.98. The van der Waals surface area contributed by atoms with Gasteiger partial charge in [0.2, 0.25) is 0 Å². The normalized spacial score (nSPS) is 16.4. The highest BCUT2D eigenvalue weighted by Crippen LogP contribution is 2.28. The van der Waals surface area contributed by atoms with Gasteiger partial charge >= 0.3 is 0 Å². The van der Waals surface area contributed by atoms with E-state index in [9.17, 15) is 5.11 Å². The minimum absolute atomic E-state index is 0.316. The van der Waals surface area contributed by atoms with Crippen molar-refractivity contribution in [2.45, 2.75) is 48.8 Å². The van der Waals surface area contributed by atoms with Crippen LogP contribution in [-0.2, 0) is 5.75 Å². The molecule has 3 nitrogen and oxygen atoms in total. The molecule has 0 bridgehead atoms. The molecule has 0 radical (unpaired) electrons. The fraction of sp³-hybridized carbons (Fsp3) is 0.438. The molecule has 1 heterocycles. The number of phenols is 1. The van der Waals surface area contributed by atoms with Gasteiger partial charge in [0.25, 0.3) is 0 Å². The molecule has 1 aliphatic carbocycles. The molecule has 1 aliphatic rings. The molecule has 0 unspecified atom stereocenters. The molecule has 0 saturated heterocycles. The number of nitrogens with zero attached hydrogens (tertiary/aromatic N) is 2. The highest BCUT2D eigenvalue weighted by Gasteiger charge is 2.15. The summed E-state index contributed by atoms with van der Waals surface area (Å²) in [6.07, 6.45) is 8.71. The number of hydrogen-bond donors (Lipinski definition) is 1. The smallest absolute Gasteiger partial charge is 0.115 e. The first kappa shape index (κ1) is 13.6. The molecule has 0 atom stereocenters. The number of benzene rings is 1. The monoisotopic (exact) mass is 288 g/mol. The first-order chi connectivity index (χ1) is 9.81. The Kier molecular flexibility index (Phi) is 4.31. The third-order valence-corrected chi connectivity index (χ3v) is 4.88. The van der Waals surface area contributed by atoms with E-state index in [1.54, 1.807) is 23.9 Å². The zero-order valence-corrected chi connectivity index (χ0v) is 12.4. The molecule has 0 amide bonds. The Bertz CT molecular complexity index is 544. The van der Waals surface area contributed by atoms with E-state index in [1.165, 1.54) is 32.1 Å². The molecule has 0 spiro atoms. The second kappa shape index (κ2) is 6.35. The largest absolute Gasteiger partial charge is 0.508 e. The van der Waals surface area contributed by atoms with Crippen LogP contribution in [0.3, 0.4) is 0 Å². The first-order valence-corrected chi connectivity index (χ1v) is 8.26. The summed E-state index contributed by atoms with van der Waals surface area (Å²) < 4.78 is 2.16. The van der Waals surface area contributed by atoms with Crippen LogP contribution in [0.4, 0.5) is 0 Å². The maximum atomic E-state index is 9.26. The lowest BCUT2D eigenvalue weighted by Gasteiger charge is -2.21. The summed E-state index contributed by atoms with van der Waals surface area (Å²) in [5.41, 5.74) is 1.13. The summed E-state index contributed by atoms with van der Waals surface area (Å²) in [6.45, 7) is 0. The minimum Gasteiger partial charge on any atom is -0.508 e. The van der Waals surface area contributed by atoms with Gasteiger partial charge in [-0.05, 0) is 43.2 Å². The van der Waals surface area contributed by atoms with Crippen LogP contribution < -0.4 is 0 Å². The average molecular weight is 288 g/mol. The molecule has 1 aromatic heterocycles. The molecule has 4 heteroatoms. The molecule has 106 valence electrons. The summed E-state index contributed by atoms with van der Waals surface area (Å²) in [5, 5.41) is 14.0. The molecule has 1 N–H and O–H groups in total. The van der Waals surface area contributed by atoms with Gasteiger partial charge in [-0.1, -0.05) is 19.3 Å². The topological polar surface area (TPSA) is 38.0 Å². The summed E-state index contributed by atoms with van der Waals surface area (Å²) >= 11 is 1.76. The number of hydrogen-bond acceptors (Lipinski definition) is 3. The maximum Gasteiger partial charge on any atom is 0.115 e. The van der Waals surface area contributed by atoms with Gasteiger partial charge < -0.3 is 5.11 Å². The molecule has 20 heavy (non-hydrogen) atoms. The fourth-order valence-electron chi connectivity index (χ4n) is 2.70. The van der Waals surface area contributed by atoms with E-state index in [1.807, 2.05) is 12.1 Å². The van der Waals surface area contributed by atoms with Gasteiger partial charge in [0, 0.05) is 16.8 Å². The number of phenolic OH excluding ortho intramolecular Hbond substituents is 1. The molecule has 1 aromatic carbocycles.